The fourth-order valence-corrected chi connectivity index (χ4v) is 8.68. The lowest BCUT2D eigenvalue weighted by Crippen LogP contribution is -2.10. The van der Waals surface area contributed by atoms with Crippen LogP contribution in [0.3, 0.4) is 0 Å². The molecule has 11 aromatic rings. The summed E-state index contributed by atoms with van der Waals surface area (Å²) in [5, 5.41) is 7.45. The van der Waals surface area contributed by atoms with Crippen LogP contribution in [0, 0.1) is 0 Å². The highest BCUT2D eigenvalue weighted by Crippen LogP contribution is 2.43. The van der Waals surface area contributed by atoms with E-state index in [9.17, 15) is 0 Å². The van der Waals surface area contributed by atoms with Gasteiger partial charge in [-0.2, -0.15) is 0 Å². The van der Waals surface area contributed by atoms with E-state index >= 15 is 0 Å². The zero-order valence-electron chi connectivity index (χ0n) is 30.0. The summed E-state index contributed by atoms with van der Waals surface area (Å²) in [6, 6.07) is 76.9. The third-order valence-electron chi connectivity index (χ3n) is 11.1. The van der Waals surface area contributed by atoms with E-state index in [1.807, 2.05) is 0 Å². The summed E-state index contributed by atoms with van der Waals surface area (Å²) in [4.78, 5) is 2.39. The second-order valence-electron chi connectivity index (χ2n) is 14.2. The van der Waals surface area contributed by atoms with Gasteiger partial charge in [0.05, 0.1) is 27.8 Å². The summed E-state index contributed by atoms with van der Waals surface area (Å²) in [5.74, 6) is 0. The Labute approximate surface area is 319 Å². The van der Waals surface area contributed by atoms with Gasteiger partial charge in [0, 0.05) is 49.7 Å². The van der Waals surface area contributed by atoms with Crippen molar-refractivity contribution in [3.05, 3.63) is 212 Å². The maximum absolute atomic E-state index is 2.39. The molecule has 0 aliphatic carbocycles. The maximum Gasteiger partial charge on any atom is 0.0547 e. The standard InChI is InChI=1S/C52H35N3/c1-3-15-37(16-4-1)53(39-28-30-40(31-29-39)54-48-24-12-9-21-44(48)45-22-10-13-25-49(45)54)51-34-33-41(42-19-7-8-20-43(42)51)36-27-32-47-46-23-11-14-26-50(46)55(52(47)35-36)38-17-5-2-6-18-38/h1-35H. The molecule has 0 amide bonds. The van der Waals surface area contributed by atoms with Crippen molar-refractivity contribution < 1.29 is 0 Å². The summed E-state index contributed by atoms with van der Waals surface area (Å²) in [7, 11) is 0. The van der Waals surface area contributed by atoms with Crippen LogP contribution in [0.1, 0.15) is 0 Å². The average Bonchev–Trinajstić information content (AvgIpc) is 3.77. The van der Waals surface area contributed by atoms with E-state index in [-0.39, 0.29) is 0 Å². The molecule has 0 aliphatic rings. The number of rotatable bonds is 6. The molecule has 9 aromatic carbocycles. The Hall–Kier alpha value is -7.36. The molecule has 0 saturated carbocycles. The quantitative estimate of drug-likeness (QED) is 0.168. The zero-order chi connectivity index (χ0) is 36.3. The summed E-state index contributed by atoms with van der Waals surface area (Å²) >= 11 is 0. The van der Waals surface area contributed by atoms with Gasteiger partial charge in [-0.25, -0.2) is 0 Å². The van der Waals surface area contributed by atoms with Crippen LogP contribution in [0.25, 0.3) is 76.9 Å². The lowest BCUT2D eigenvalue weighted by atomic mass is 9.95. The second kappa shape index (κ2) is 12.6. The molecule has 258 valence electrons. The Balaban J connectivity index is 1.07. The molecule has 0 radical (unpaired) electrons. The summed E-state index contributed by atoms with van der Waals surface area (Å²) in [6.45, 7) is 0. The monoisotopic (exact) mass is 701 g/mol. The molecular weight excluding hydrogens is 667 g/mol. The van der Waals surface area contributed by atoms with Crippen molar-refractivity contribution in [3.8, 4) is 22.5 Å². The first-order valence-corrected chi connectivity index (χ1v) is 18.9. The summed E-state index contributed by atoms with van der Waals surface area (Å²) in [6.07, 6.45) is 0. The second-order valence-corrected chi connectivity index (χ2v) is 14.2. The van der Waals surface area contributed by atoms with Crippen LogP contribution in [0.2, 0.25) is 0 Å². The minimum atomic E-state index is 1.10. The molecule has 0 N–H and O–H groups in total. The van der Waals surface area contributed by atoms with Gasteiger partial charge < -0.3 is 14.0 Å². The topological polar surface area (TPSA) is 13.1 Å². The maximum atomic E-state index is 2.39. The number of hydrogen-bond acceptors (Lipinski definition) is 1. The van der Waals surface area contributed by atoms with E-state index in [2.05, 4.69) is 226 Å². The van der Waals surface area contributed by atoms with Gasteiger partial charge in [0.2, 0.25) is 0 Å². The predicted octanol–water partition coefficient (Wildman–Crippen LogP) is 14.2. The Morgan fingerprint density at radius 1 is 0.291 bits per heavy atom. The molecular formula is C52H35N3. The normalized spacial score (nSPS) is 11.6. The first-order valence-electron chi connectivity index (χ1n) is 18.9. The first-order chi connectivity index (χ1) is 27.3. The van der Waals surface area contributed by atoms with Crippen molar-refractivity contribution in [2.75, 3.05) is 4.90 Å². The molecule has 2 heterocycles. The fourth-order valence-electron chi connectivity index (χ4n) is 8.68. The van der Waals surface area contributed by atoms with Crippen molar-refractivity contribution >= 4 is 71.4 Å². The lowest BCUT2D eigenvalue weighted by Gasteiger charge is -2.27. The largest absolute Gasteiger partial charge is 0.310 e. The van der Waals surface area contributed by atoms with Crippen molar-refractivity contribution in [1.82, 2.24) is 9.13 Å². The van der Waals surface area contributed by atoms with Gasteiger partial charge >= 0.3 is 0 Å². The van der Waals surface area contributed by atoms with Crippen LogP contribution >= 0.6 is 0 Å². The van der Waals surface area contributed by atoms with Gasteiger partial charge in [-0.3, -0.25) is 0 Å². The molecule has 0 aliphatic heterocycles. The minimum absolute atomic E-state index is 1.10. The average molecular weight is 702 g/mol. The molecule has 3 heteroatoms. The van der Waals surface area contributed by atoms with E-state index in [0.29, 0.717) is 0 Å². The number of fused-ring (bicyclic) bond motifs is 7. The van der Waals surface area contributed by atoms with Gasteiger partial charge in [0.1, 0.15) is 0 Å². The van der Waals surface area contributed by atoms with Crippen LogP contribution in [-0.2, 0) is 0 Å². The molecule has 0 bridgehead atoms. The Bertz CT molecular complexity index is 3140. The molecule has 3 nitrogen and oxygen atoms in total. The number of aromatic nitrogens is 2. The van der Waals surface area contributed by atoms with Gasteiger partial charge in [0.25, 0.3) is 0 Å². The van der Waals surface area contributed by atoms with Gasteiger partial charge in [-0.15, -0.1) is 0 Å². The zero-order valence-corrected chi connectivity index (χ0v) is 30.0. The molecule has 0 saturated heterocycles. The van der Waals surface area contributed by atoms with E-state index in [4.69, 9.17) is 0 Å². The van der Waals surface area contributed by atoms with Crippen LogP contribution in [0.4, 0.5) is 17.1 Å². The number of para-hydroxylation sites is 5. The van der Waals surface area contributed by atoms with Crippen LogP contribution in [0.15, 0.2) is 212 Å². The van der Waals surface area contributed by atoms with Crippen LogP contribution < -0.4 is 4.90 Å². The third kappa shape index (κ3) is 4.98. The van der Waals surface area contributed by atoms with E-state index in [1.165, 1.54) is 65.5 Å². The van der Waals surface area contributed by atoms with E-state index < -0.39 is 0 Å². The van der Waals surface area contributed by atoms with Gasteiger partial charge in [-0.1, -0.05) is 133 Å². The Morgan fingerprint density at radius 2 is 0.745 bits per heavy atom. The Kier molecular flexibility index (Phi) is 7.17. The number of nitrogens with zero attached hydrogens (tertiary/aromatic N) is 3. The van der Waals surface area contributed by atoms with Crippen molar-refractivity contribution in [1.29, 1.82) is 0 Å². The van der Waals surface area contributed by atoms with Crippen molar-refractivity contribution in [2.24, 2.45) is 0 Å². The summed E-state index contributed by atoms with van der Waals surface area (Å²) < 4.78 is 4.77. The van der Waals surface area contributed by atoms with E-state index in [0.717, 1.165) is 28.4 Å². The number of benzene rings is 9. The smallest absolute Gasteiger partial charge is 0.0547 e. The van der Waals surface area contributed by atoms with Crippen molar-refractivity contribution in [3.63, 3.8) is 0 Å². The fraction of sp³-hybridized carbons (Fsp3) is 0. The highest BCUT2D eigenvalue weighted by Gasteiger charge is 2.19. The van der Waals surface area contributed by atoms with E-state index in [1.54, 1.807) is 0 Å². The molecule has 0 unspecified atom stereocenters. The first kappa shape index (κ1) is 31.2. The van der Waals surface area contributed by atoms with Crippen molar-refractivity contribution in [2.45, 2.75) is 0 Å². The third-order valence-corrected chi connectivity index (χ3v) is 11.1. The van der Waals surface area contributed by atoms with Gasteiger partial charge in [-0.05, 0) is 95.4 Å². The summed E-state index contributed by atoms with van der Waals surface area (Å²) in [5.41, 5.74) is 12.9. The minimum Gasteiger partial charge on any atom is -0.310 e. The molecule has 2 aromatic heterocycles. The molecule has 0 spiro atoms. The number of anilines is 3. The van der Waals surface area contributed by atoms with Gasteiger partial charge in [0.15, 0.2) is 0 Å². The number of hydrogen-bond donors (Lipinski definition) is 0. The van der Waals surface area contributed by atoms with Crippen LogP contribution in [0.5, 0.6) is 0 Å². The highest BCUT2D eigenvalue weighted by atomic mass is 15.1. The molecule has 11 rings (SSSR count). The Morgan fingerprint density at radius 3 is 1.36 bits per heavy atom. The highest BCUT2D eigenvalue weighted by molar-refractivity contribution is 6.12. The molecule has 0 fully saturated rings. The molecule has 55 heavy (non-hydrogen) atoms. The molecule has 0 atom stereocenters. The predicted molar refractivity (Wildman–Crippen MR) is 233 cm³/mol. The van der Waals surface area contributed by atoms with Crippen LogP contribution in [-0.4, -0.2) is 9.13 Å². The lowest BCUT2D eigenvalue weighted by molar-refractivity contribution is 1.17. The SMILES string of the molecule is c1ccc(N(c2ccc(-n3c4ccccc4c4ccccc43)cc2)c2ccc(-c3ccc4c5ccccc5n(-c5ccccc5)c4c3)c3ccccc23)cc1.